The molecule has 0 aromatic heterocycles. The molecule has 2 atom stereocenters. The van der Waals surface area contributed by atoms with Crippen molar-refractivity contribution in [3.8, 4) is 0 Å². The second kappa shape index (κ2) is 7.24. The van der Waals surface area contributed by atoms with Crippen LogP contribution >= 0.6 is 0 Å². The first kappa shape index (κ1) is 14.8. The highest BCUT2D eigenvalue weighted by Gasteiger charge is 2.29. The normalized spacial score (nSPS) is 32.7. The average molecular weight is 280 g/mol. The van der Waals surface area contributed by atoms with Crippen LogP contribution in [0.1, 0.15) is 64.2 Å². The summed E-state index contributed by atoms with van der Waals surface area (Å²) in [6.07, 6.45) is 14.8. The molecule has 0 aromatic carbocycles. The minimum atomic E-state index is 0.475. The molecule has 3 aliphatic rings. The maximum atomic E-state index is 6.23. The largest absolute Gasteiger partial charge is 0.372 e. The van der Waals surface area contributed by atoms with Gasteiger partial charge >= 0.3 is 0 Å². The van der Waals surface area contributed by atoms with E-state index in [9.17, 15) is 0 Å². The van der Waals surface area contributed by atoms with Crippen molar-refractivity contribution in [2.24, 2.45) is 0 Å². The summed E-state index contributed by atoms with van der Waals surface area (Å²) in [7, 11) is 2.31. The lowest BCUT2D eigenvalue weighted by molar-refractivity contribution is 0.0191. The van der Waals surface area contributed by atoms with Crippen LogP contribution in [0.3, 0.4) is 0 Å². The molecule has 3 nitrogen and oxygen atoms in total. The molecule has 0 amide bonds. The van der Waals surface area contributed by atoms with E-state index in [1.54, 1.807) is 0 Å². The maximum Gasteiger partial charge on any atom is 0.0707 e. The molecule has 0 bridgehead atoms. The van der Waals surface area contributed by atoms with Gasteiger partial charge in [0.15, 0.2) is 0 Å². The Kier molecular flexibility index (Phi) is 5.36. The molecule has 3 fully saturated rings. The van der Waals surface area contributed by atoms with Crippen molar-refractivity contribution in [1.82, 2.24) is 10.2 Å². The third-order valence-electron chi connectivity index (χ3n) is 5.35. The van der Waals surface area contributed by atoms with Crippen molar-refractivity contribution >= 4 is 0 Å². The number of ether oxygens (including phenoxy) is 1. The fourth-order valence-electron chi connectivity index (χ4n) is 3.82. The van der Waals surface area contributed by atoms with Gasteiger partial charge in [0.25, 0.3) is 0 Å². The predicted molar refractivity (Wildman–Crippen MR) is 83.0 cm³/mol. The van der Waals surface area contributed by atoms with Crippen LogP contribution in [0.25, 0.3) is 0 Å². The van der Waals surface area contributed by atoms with Crippen LogP contribution in [0.4, 0.5) is 0 Å². The summed E-state index contributed by atoms with van der Waals surface area (Å²) >= 11 is 0. The molecule has 2 aliphatic carbocycles. The first-order valence-electron chi connectivity index (χ1n) is 8.90. The van der Waals surface area contributed by atoms with E-state index in [-0.39, 0.29) is 0 Å². The lowest BCUT2D eigenvalue weighted by atomic mass is 10.1. The summed E-state index contributed by atoms with van der Waals surface area (Å²) in [6, 6.07) is 1.62. The molecule has 0 aromatic rings. The van der Waals surface area contributed by atoms with Crippen molar-refractivity contribution < 1.29 is 4.74 Å². The van der Waals surface area contributed by atoms with Gasteiger partial charge in [-0.2, -0.15) is 0 Å². The van der Waals surface area contributed by atoms with E-state index in [4.69, 9.17) is 4.74 Å². The van der Waals surface area contributed by atoms with Gasteiger partial charge < -0.3 is 15.0 Å². The fraction of sp³-hybridized carbons (Fsp3) is 1.00. The molecule has 1 saturated heterocycles. The summed E-state index contributed by atoms with van der Waals surface area (Å²) in [5.41, 5.74) is 0. The van der Waals surface area contributed by atoms with E-state index in [2.05, 4.69) is 17.3 Å². The Balaban J connectivity index is 1.36. The van der Waals surface area contributed by atoms with Gasteiger partial charge in [0.2, 0.25) is 0 Å². The molecule has 0 radical (unpaired) electrons. The first-order chi connectivity index (χ1) is 9.81. The van der Waals surface area contributed by atoms with Gasteiger partial charge in [0.1, 0.15) is 0 Å². The number of nitrogens with one attached hydrogen (secondary N) is 1. The first-order valence-corrected chi connectivity index (χ1v) is 8.90. The van der Waals surface area contributed by atoms with Crippen molar-refractivity contribution in [3.63, 3.8) is 0 Å². The molecule has 1 heterocycles. The second-order valence-corrected chi connectivity index (χ2v) is 7.22. The van der Waals surface area contributed by atoms with Crippen molar-refractivity contribution in [3.05, 3.63) is 0 Å². The number of hydrogen-bond acceptors (Lipinski definition) is 3. The average Bonchev–Trinajstić information content (AvgIpc) is 3.22. The van der Waals surface area contributed by atoms with Crippen LogP contribution in [0, 0.1) is 0 Å². The zero-order chi connectivity index (χ0) is 13.8. The van der Waals surface area contributed by atoms with Gasteiger partial charge in [0.05, 0.1) is 12.2 Å². The summed E-state index contributed by atoms with van der Waals surface area (Å²) < 4.78 is 6.23. The standard InChI is InChI=1S/C17H32N2O/c1-19(15-6-4-2-3-5-7-15)13-17-11-10-16(20-17)12-18-14-8-9-14/h14-18H,2-13H2,1H3. The third kappa shape index (κ3) is 4.44. The summed E-state index contributed by atoms with van der Waals surface area (Å²) in [4.78, 5) is 2.59. The van der Waals surface area contributed by atoms with Crippen molar-refractivity contribution in [2.45, 2.75) is 88.5 Å². The van der Waals surface area contributed by atoms with Gasteiger partial charge in [0, 0.05) is 25.2 Å². The van der Waals surface area contributed by atoms with Crippen LogP contribution < -0.4 is 5.32 Å². The lowest BCUT2D eigenvalue weighted by Crippen LogP contribution is -2.38. The van der Waals surface area contributed by atoms with Gasteiger partial charge in [-0.05, 0) is 45.6 Å². The zero-order valence-corrected chi connectivity index (χ0v) is 13.2. The highest BCUT2D eigenvalue weighted by molar-refractivity contribution is 4.85. The van der Waals surface area contributed by atoms with Crippen LogP contribution in [0.5, 0.6) is 0 Å². The van der Waals surface area contributed by atoms with E-state index in [1.807, 2.05) is 0 Å². The van der Waals surface area contributed by atoms with Crippen LogP contribution in [0.2, 0.25) is 0 Å². The predicted octanol–water partition coefficient (Wildman–Crippen LogP) is 2.94. The van der Waals surface area contributed by atoms with E-state index >= 15 is 0 Å². The fourth-order valence-corrected chi connectivity index (χ4v) is 3.82. The number of rotatable bonds is 6. The Morgan fingerprint density at radius 2 is 1.60 bits per heavy atom. The molecule has 20 heavy (non-hydrogen) atoms. The number of likely N-dealkylation sites (N-methyl/N-ethyl adjacent to an activating group) is 1. The Morgan fingerprint density at radius 3 is 2.30 bits per heavy atom. The molecule has 116 valence electrons. The number of hydrogen-bond donors (Lipinski definition) is 1. The van der Waals surface area contributed by atoms with E-state index in [1.165, 1.54) is 64.2 Å². The summed E-state index contributed by atoms with van der Waals surface area (Å²) in [5, 5.41) is 3.61. The highest BCUT2D eigenvalue weighted by Crippen LogP contribution is 2.25. The molecule has 3 heteroatoms. The SMILES string of the molecule is CN(CC1CCC(CNC2CC2)O1)C1CCCCCC1. The topological polar surface area (TPSA) is 24.5 Å². The molecular weight excluding hydrogens is 248 g/mol. The maximum absolute atomic E-state index is 6.23. The monoisotopic (exact) mass is 280 g/mol. The molecule has 2 unspecified atom stereocenters. The molecule has 3 rings (SSSR count). The van der Waals surface area contributed by atoms with Gasteiger partial charge in [-0.3, -0.25) is 0 Å². The van der Waals surface area contributed by atoms with Crippen molar-refractivity contribution in [1.29, 1.82) is 0 Å². The smallest absolute Gasteiger partial charge is 0.0707 e. The quantitative estimate of drug-likeness (QED) is 0.757. The van der Waals surface area contributed by atoms with E-state index < -0.39 is 0 Å². The molecule has 2 saturated carbocycles. The summed E-state index contributed by atoms with van der Waals surface area (Å²) in [6.45, 7) is 2.22. The number of nitrogens with zero attached hydrogens (tertiary/aromatic N) is 1. The van der Waals surface area contributed by atoms with E-state index in [0.29, 0.717) is 12.2 Å². The molecule has 1 aliphatic heterocycles. The van der Waals surface area contributed by atoms with Gasteiger partial charge in [-0.25, -0.2) is 0 Å². The molecular formula is C17H32N2O. The van der Waals surface area contributed by atoms with Crippen LogP contribution in [-0.2, 0) is 4.74 Å². The van der Waals surface area contributed by atoms with Crippen LogP contribution in [-0.4, -0.2) is 49.3 Å². The minimum absolute atomic E-state index is 0.475. The Morgan fingerprint density at radius 1 is 0.900 bits per heavy atom. The van der Waals surface area contributed by atoms with Gasteiger partial charge in [-0.1, -0.05) is 25.7 Å². The molecule has 1 N–H and O–H groups in total. The second-order valence-electron chi connectivity index (χ2n) is 7.22. The Bertz CT molecular complexity index is 285. The Labute approximate surface area is 124 Å². The van der Waals surface area contributed by atoms with Crippen molar-refractivity contribution in [2.75, 3.05) is 20.1 Å². The Hall–Kier alpha value is -0.120. The van der Waals surface area contributed by atoms with Crippen LogP contribution in [0.15, 0.2) is 0 Å². The van der Waals surface area contributed by atoms with E-state index in [0.717, 1.165) is 25.2 Å². The van der Waals surface area contributed by atoms with Gasteiger partial charge in [-0.15, -0.1) is 0 Å². The highest BCUT2D eigenvalue weighted by atomic mass is 16.5. The lowest BCUT2D eigenvalue weighted by Gasteiger charge is -2.29. The minimum Gasteiger partial charge on any atom is -0.372 e. The third-order valence-corrected chi connectivity index (χ3v) is 5.35. The summed E-state index contributed by atoms with van der Waals surface area (Å²) in [5.74, 6) is 0. The molecule has 0 spiro atoms. The zero-order valence-electron chi connectivity index (χ0n) is 13.2.